The summed E-state index contributed by atoms with van der Waals surface area (Å²) in [5.41, 5.74) is -0.537. The summed E-state index contributed by atoms with van der Waals surface area (Å²) in [5, 5.41) is 9.88. The van der Waals surface area contributed by atoms with Crippen LogP contribution in [0.5, 0.6) is 0 Å². The lowest BCUT2D eigenvalue weighted by molar-refractivity contribution is 0.0157. The summed E-state index contributed by atoms with van der Waals surface area (Å²) in [5.74, 6) is 0. The standard InChI is InChI=1S/C10H21NO2/c1-3-10(2,12)9-11-5-4-7-13-8-6-11/h12H,3-9H2,1-2H3. The van der Waals surface area contributed by atoms with E-state index in [0.29, 0.717) is 0 Å². The molecule has 0 aromatic rings. The molecule has 0 bridgehead atoms. The average molecular weight is 187 g/mol. The Labute approximate surface area is 80.7 Å². The summed E-state index contributed by atoms with van der Waals surface area (Å²) in [4.78, 5) is 2.29. The Hall–Kier alpha value is -0.120. The topological polar surface area (TPSA) is 32.7 Å². The Morgan fingerprint density at radius 2 is 2.15 bits per heavy atom. The molecule has 3 heteroatoms. The predicted octanol–water partition coefficient (Wildman–Crippen LogP) is 0.870. The van der Waals surface area contributed by atoms with Crippen molar-refractivity contribution < 1.29 is 9.84 Å². The number of rotatable bonds is 3. The molecule has 0 spiro atoms. The van der Waals surface area contributed by atoms with E-state index in [4.69, 9.17) is 4.74 Å². The molecule has 3 nitrogen and oxygen atoms in total. The fourth-order valence-corrected chi connectivity index (χ4v) is 1.55. The fourth-order valence-electron chi connectivity index (χ4n) is 1.55. The number of aliphatic hydroxyl groups is 1. The van der Waals surface area contributed by atoms with Crippen LogP contribution in [0.2, 0.25) is 0 Å². The van der Waals surface area contributed by atoms with Crippen molar-refractivity contribution >= 4 is 0 Å². The first-order valence-corrected chi connectivity index (χ1v) is 5.16. The largest absolute Gasteiger partial charge is 0.389 e. The van der Waals surface area contributed by atoms with Crippen LogP contribution in [0.4, 0.5) is 0 Å². The van der Waals surface area contributed by atoms with E-state index in [-0.39, 0.29) is 0 Å². The van der Waals surface area contributed by atoms with Crippen molar-refractivity contribution in [2.75, 3.05) is 32.8 Å². The van der Waals surface area contributed by atoms with E-state index in [1.165, 1.54) is 0 Å². The minimum atomic E-state index is -0.537. The maximum Gasteiger partial charge on any atom is 0.0743 e. The van der Waals surface area contributed by atoms with Gasteiger partial charge in [0.1, 0.15) is 0 Å². The maximum atomic E-state index is 9.88. The molecule has 0 saturated carbocycles. The minimum absolute atomic E-state index is 0.537. The Balaban J connectivity index is 2.33. The van der Waals surface area contributed by atoms with Gasteiger partial charge in [0, 0.05) is 26.2 Å². The molecule has 13 heavy (non-hydrogen) atoms. The highest BCUT2D eigenvalue weighted by Gasteiger charge is 2.22. The Morgan fingerprint density at radius 3 is 2.85 bits per heavy atom. The third-order valence-corrected chi connectivity index (χ3v) is 2.64. The second kappa shape index (κ2) is 4.94. The third-order valence-electron chi connectivity index (χ3n) is 2.64. The van der Waals surface area contributed by atoms with Gasteiger partial charge in [-0.1, -0.05) is 6.92 Å². The summed E-state index contributed by atoms with van der Waals surface area (Å²) in [6.45, 7) is 8.37. The first-order valence-electron chi connectivity index (χ1n) is 5.16. The minimum Gasteiger partial charge on any atom is -0.389 e. The van der Waals surface area contributed by atoms with Gasteiger partial charge in [-0.2, -0.15) is 0 Å². The molecule has 1 N–H and O–H groups in total. The normalized spacial score (nSPS) is 25.2. The molecule has 1 aliphatic rings. The van der Waals surface area contributed by atoms with E-state index in [9.17, 15) is 5.11 Å². The molecule has 1 rings (SSSR count). The summed E-state index contributed by atoms with van der Waals surface area (Å²) in [6.07, 6.45) is 1.89. The van der Waals surface area contributed by atoms with Crippen molar-refractivity contribution in [1.82, 2.24) is 4.90 Å². The van der Waals surface area contributed by atoms with Gasteiger partial charge in [0.25, 0.3) is 0 Å². The summed E-state index contributed by atoms with van der Waals surface area (Å²) < 4.78 is 5.35. The second-order valence-electron chi connectivity index (χ2n) is 4.09. The van der Waals surface area contributed by atoms with Crippen molar-refractivity contribution in [1.29, 1.82) is 0 Å². The van der Waals surface area contributed by atoms with E-state index < -0.39 is 5.60 Å². The predicted molar refractivity (Wildman–Crippen MR) is 52.8 cm³/mol. The summed E-state index contributed by atoms with van der Waals surface area (Å²) >= 11 is 0. The van der Waals surface area contributed by atoms with Crippen LogP contribution < -0.4 is 0 Å². The van der Waals surface area contributed by atoms with Gasteiger partial charge in [0.05, 0.1) is 12.2 Å². The van der Waals surface area contributed by atoms with Crippen LogP contribution in [0.15, 0.2) is 0 Å². The first-order chi connectivity index (χ1) is 6.14. The number of hydrogen-bond donors (Lipinski definition) is 1. The lowest BCUT2D eigenvalue weighted by atomic mass is 10.0. The first kappa shape index (κ1) is 11.0. The molecule has 78 valence electrons. The van der Waals surface area contributed by atoms with E-state index in [2.05, 4.69) is 4.90 Å². The SMILES string of the molecule is CCC(C)(O)CN1CCCOCC1. The molecule has 1 atom stereocenters. The molecule has 1 fully saturated rings. The average Bonchev–Trinajstić information content (AvgIpc) is 2.32. The molecular weight excluding hydrogens is 166 g/mol. The highest BCUT2D eigenvalue weighted by atomic mass is 16.5. The number of nitrogens with zero attached hydrogens (tertiary/aromatic N) is 1. The summed E-state index contributed by atoms with van der Waals surface area (Å²) in [6, 6.07) is 0. The van der Waals surface area contributed by atoms with E-state index in [1.54, 1.807) is 0 Å². The Bertz CT molecular complexity index is 140. The van der Waals surface area contributed by atoms with Crippen LogP contribution in [-0.2, 0) is 4.74 Å². The zero-order valence-corrected chi connectivity index (χ0v) is 8.75. The zero-order valence-electron chi connectivity index (χ0n) is 8.75. The van der Waals surface area contributed by atoms with Crippen LogP contribution in [-0.4, -0.2) is 48.5 Å². The number of β-amino-alcohol motifs (C(OH)–C–C–N with tert-alkyl or cyclic N) is 1. The Morgan fingerprint density at radius 1 is 1.38 bits per heavy atom. The fraction of sp³-hybridized carbons (Fsp3) is 1.00. The van der Waals surface area contributed by atoms with Gasteiger partial charge in [-0.3, -0.25) is 4.90 Å². The van der Waals surface area contributed by atoms with E-state index >= 15 is 0 Å². The number of ether oxygens (including phenoxy) is 1. The van der Waals surface area contributed by atoms with Crippen LogP contribution in [0.3, 0.4) is 0 Å². The highest BCUT2D eigenvalue weighted by molar-refractivity contribution is 4.76. The molecule has 0 aliphatic carbocycles. The monoisotopic (exact) mass is 187 g/mol. The van der Waals surface area contributed by atoms with Crippen LogP contribution in [0.1, 0.15) is 26.7 Å². The maximum absolute atomic E-state index is 9.88. The molecule has 0 amide bonds. The zero-order chi connectivity index (χ0) is 9.73. The van der Waals surface area contributed by atoms with Gasteiger partial charge in [-0.25, -0.2) is 0 Å². The molecule has 1 unspecified atom stereocenters. The van der Waals surface area contributed by atoms with E-state index in [1.807, 2.05) is 13.8 Å². The van der Waals surface area contributed by atoms with Gasteiger partial charge in [0.2, 0.25) is 0 Å². The van der Waals surface area contributed by atoms with Crippen LogP contribution in [0, 0.1) is 0 Å². The van der Waals surface area contributed by atoms with Crippen molar-refractivity contribution in [2.45, 2.75) is 32.3 Å². The molecular formula is C10H21NO2. The molecule has 1 aliphatic heterocycles. The van der Waals surface area contributed by atoms with Crippen molar-refractivity contribution in [2.24, 2.45) is 0 Å². The van der Waals surface area contributed by atoms with Crippen molar-refractivity contribution in [3.8, 4) is 0 Å². The summed E-state index contributed by atoms with van der Waals surface area (Å²) in [7, 11) is 0. The molecule has 0 aromatic heterocycles. The van der Waals surface area contributed by atoms with Crippen molar-refractivity contribution in [3.05, 3.63) is 0 Å². The lowest BCUT2D eigenvalue weighted by Crippen LogP contribution is -2.41. The molecule has 1 saturated heterocycles. The van der Waals surface area contributed by atoms with Gasteiger partial charge in [-0.05, 0) is 19.8 Å². The lowest BCUT2D eigenvalue weighted by Gasteiger charge is -2.29. The molecule has 0 aromatic carbocycles. The Kier molecular flexibility index (Phi) is 4.16. The van der Waals surface area contributed by atoms with E-state index in [0.717, 1.165) is 45.7 Å². The van der Waals surface area contributed by atoms with Gasteiger partial charge in [-0.15, -0.1) is 0 Å². The second-order valence-corrected chi connectivity index (χ2v) is 4.09. The van der Waals surface area contributed by atoms with Gasteiger partial charge < -0.3 is 9.84 Å². The smallest absolute Gasteiger partial charge is 0.0743 e. The van der Waals surface area contributed by atoms with Crippen LogP contribution in [0.25, 0.3) is 0 Å². The molecule has 0 radical (unpaired) electrons. The third kappa shape index (κ3) is 4.07. The van der Waals surface area contributed by atoms with Gasteiger partial charge >= 0.3 is 0 Å². The highest BCUT2D eigenvalue weighted by Crippen LogP contribution is 2.12. The van der Waals surface area contributed by atoms with Gasteiger partial charge in [0.15, 0.2) is 0 Å². The molecule has 1 heterocycles. The quantitative estimate of drug-likeness (QED) is 0.711. The number of hydrogen-bond acceptors (Lipinski definition) is 3. The van der Waals surface area contributed by atoms with Crippen LogP contribution >= 0.6 is 0 Å². The van der Waals surface area contributed by atoms with Crippen molar-refractivity contribution in [3.63, 3.8) is 0 Å².